The highest BCUT2D eigenvalue weighted by molar-refractivity contribution is 8.14. The second-order valence-electron chi connectivity index (χ2n) is 8.38. The van der Waals surface area contributed by atoms with Crippen LogP contribution in [0.3, 0.4) is 0 Å². The topological polar surface area (TPSA) is 42.6 Å². The van der Waals surface area contributed by atoms with Crippen LogP contribution in [-0.2, 0) is 0 Å². The van der Waals surface area contributed by atoms with Crippen LogP contribution in [0.2, 0.25) is 0 Å². The van der Waals surface area contributed by atoms with Gasteiger partial charge in [-0.25, -0.2) is 0 Å². The normalized spacial score (nSPS) is 22.5. The second-order valence-corrected chi connectivity index (χ2v) is 9.79. The molecule has 5 rings (SSSR count). The molecule has 0 unspecified atom stereocenters. The van der Waals surface area contributed by atoms with Crippen molar-refractivity contribution in [2.24, 2.45) is 4.99 Å². The molecule has 3 aromatic rings. The standard InChI is InChI=1S/C25H28N4OS/c1-15-14-28-24(23(27-25(28)31-15)21-8-6-7-13-26-21)22-16(2)17(3)29(18(22)4)19-9-11-20(30-5)12-10-19/h6-13,15,23-24H,14H2,1-5H3/t15-,23+,24-/m1/s1. The summed E-state index contributed by atoms with van der Waals surface area (Å²) in [6.45, 7) is 10.00. The van der Waals surface area contributed by atoms with Gasteiger partial charge in [-0.2, -0.15) is 0 Å². The number of amidine groups is 1. The zero-order valence-corrected chi connectivity index (χ0v) is 19.5. The molecule has 1 aromatic carbocycles. The molecular weight excluding hydrogens is 404 g/mol. The van der Waals surface area contributed by atoms with Crippen molar-refractivity contribution in [2.75, 3.05) is 13.7 Å². The zero-order valence-electron chi connectivity index (χ0n) is 18.7. The van der Waals surface area contributed by atoms with Crippen LogP contribution >= 0.6 is 11.8 Å². The number of nitrogens with zero attached hydrogens (tertiary/aromatic N) is 4. The molecule has 0 saturated carbocycles. The van der Waals surface area contributed by atoms with Gasteiger partial charge in [0.2, 0.25) is 0 Å². The molecule has 2 aliphatic rings. The van der Waals surface area contributed by atoms with Crippen molar-refractivity contribution in [1.82, 2.24) is 14.5 Å². The maximum Gasteiger partial charge on any atom is 0.160 e. The quantitative estimate of drug-likeness (QED) is 0.554. The molecule has 0 bridgehead atoms. The number of hydrogen-bond donors (Lipinski definition) is 0. The molecule has 6 heteroatoms. The van der Waals surface area contributed by atoms with E-state index < -0.39 is 0 Å². The van der Waals surface area contributed by atoms with E-state index in [2.05, 4.69) is 66.4 Å². The molecule has 31 heavy (non-hydrogen) atoms. The number of ether oxygens (including phenoxy) is 1. The zero-order chi connectivity index (χ0) is 21.7. The molecule has 160 valence electrons. The van der Waals surface area contributed by atoms with E-state index in [1.807, 2.05) is 36.2 Å². The Morgan fingerprint density at radius 3 is 2.48 bits per heavy atom. The molecule has 1 fully saturated rings. The first-order valence-corrected chi connectivity index (χ1v) is 11.6. The average Bonchev–Trinajstić information content (AvgIpc) is 3.38. The van der Waals surface area contributed by atoms with Crippen LogP contribution in [0.25, 0.3) is 5.69 Å². The predicted molar refractivity (Wildman–Crippen MR) is 127 cm³/mol. The van der Waals surface area contributed by atoms with Gasteiger partial charge in [0.15, 0.2) is 5.17 Å². The highest BCUT2D eigenvalue weighted by atomic mass is 32.2. The molecular formula is C25H28N4OS. The summed E-state index contributed by atoms with van der Waals surface area (Å²) in [6.07, 6.45) is 1.87. The van der Waals surface area contributed by atoms with Gasteiger partial charge in [0.1, 0.15) is 11.8 Å². The minimum atomic E-state index is 0.0136. The second kappa shape index (κ2) is 7.75. The summed E-state index contributed by atoms with van der Waals surface area (Å²) in [7, 11) is 1.70. The summed E-state index contributed by atoms with van der Waals surface area (Å²) in [5, 5.41) is 1.71. The van der Waals surface area contributed by atoms with Gasteiger partial charge >= 0.3 is 0 Å². The van der Waals surface area contributed by atoms with Gasteiger partial charge in [0, 0.05) is 40.6 Å². The number of rotatable bonds is 4. The van der Waals surface area contributed by atoms with Crippen molar-refractivity contribution < 1.29 is 4.74 Å². The maximum absolute atomic E-state index is 5.36. The van der Waals surface area contributed by atoms with E-state index in [0.29, 0.717) is 5.25 Å². The molecule has 0 radical (unpaired) electrons. The van der Waals surface area contributed by atoms with Crippen LogP contribution in [0.15, 0.2) is 53.7 Å². The van der Waals surface area contributed by atoms with Crippen molar-refractivity contribution in [2.45, 2.75) is 45.0 Å². The van der Waals surface area contributed by atoms with E-state index in [-0.39, 0.29) is 12.1 Å². The van der Waals surface area contributed by atoms with Crippen LogP contribution in [0.4, 0.5) is 0 Å². The third-order valence-electron chi connectivity index (χ3n) is 6.51. The van der Waals surface area contributed by atoms with Crippen LogP contribution in [0.5, 0.6) is 5.75 Å². The summed E-state index contributed by atoms with van der Waals surface area (Å²) >= 11 is 1.88. The summed E-state index contributed by atoms with van der Waals surface area (Å²) < 4.78 is 7.72. The van der Waals surface area contributed by atoms with E-state index in [1.54, 1.807) is 7.11 Å². The Bertz CT molecular complexity index is 1140. The third-order valence-corrected chi connectivity index (χ3v) is 7.62. The fraction of sp³-hybridized carbons (Fsp3) is 0.360. The Morgan fingerprint density at radius 1 is 1.03 bits per heavy atom. The Labute approximate surface area is 188 Å². The van der Waals surface area contributed by atoms with Crippen LogP contribution < -0.4 is 4.74 Å². The number of aromatic nitrogens is 2. The van der Waals surface area contributed by atoms with E-state index in [4.69, 9.17) is 9.73 Å². The van der Waals surface area contributed by atoms with E-state index in [1.165, 1.54) is 22.5 Å². The van der Waals surface area contributed by atoms with E-state index >= 15 is 0 Å². The summed E-state index contributed by atoms with van der Waals surface area (Å²) in [4.78, 5) is 12.3. The third kappa shape index (κ3) is 3.24. The molecule has 3 atom stereocenters. The SMILES string of the molecule is COc1ccc(-n2c(C)c(C)c([C@@H]3[C@H](c4ccccn4)N=C4S[C@H](C)CN43)c2C)cc1. The molecule has 5 nitrogen and oxygen atoms in total. The first-order chi connectivity index (χ1) is 15.0. The maximum atomic E-state index is 5.36. The highest BCUT2D eigenvalue weighted by Gasteiger charge is 2.45. The largest absolute Gasteiger partial charge is 0.497 e. The minimum Gasteiger partial charge on any atom is -0.497 e. The molecule has 0 amide bonds. The number of aliphatic imine (C=N–C) groups is 1. The molecule has 4 heterocycles. The summed E-state index contributed by atoms with van der Waals surface area (Å²) in [5.74, 6) is 0.871. The number of methoxy groups -OCH3 is 1. The first kappa shape index (κ1) is 20.2. The molecule has 0 spiro atoms. The number of pyridine rings is 1. The number of thioether (sulfide) groups is 1. The van der Waals surface area contributed by atoms with Gasteiger partial charge in [-0.15, -0.1) is 0 Å². The summed E-state index contributed by atoms with van der Waals surface area (Å²) in [5.41, 5.74) is 7.44. The Morgan fingerprint density at radius 2 is 1.81 bits per heavy atom. The van der Waals surface area contributed by atoms with Crippen molar-refractivity contribution >= 4 is 16.9 Å². The van der Waals surface area contributed by atoms with Crippen molar-refractivity contribution in [3.8, 4) is 11.4 Å². The smallest absolute Gasteiger partial charge is 0.160 e. The van der Waals surface area contributed by atoms with Crippen molar-refractivity contribution in [1.29, 1.82) is 0 Å². The molecule has 0 aliphatic carbocycles. The van der Waals surface area contributed by atoms with Gasteiger partial charge in [-0.05, 0) is 62.7 Å². The van der Waals surface area contributed by atoms with Crippen molar-refractivity contribution in [3.05, 3.63) is 76.9 Å². The van der Waals surface area contributed by atoms with Gasteiger partial charge in [-0.1, -0.05) is 24.8 Å². The lowest BCUT2D eigenvalue weighted by atomic mass is 9.93. The highest BCUT2D eigenvalue weighted by Crippen LogP contribution is 2.50. The predicted octanol–water partition coefficient (Wildman–Crippen LogP) is 5.40. The van der Waals surface area contributed by atoms with Crippen LogP contribution in [0.1, 0.15) is 47.2 Å². The molecule has 2 aliphatic heterocycles. The van der Waals surface area contributed by atoms with Gasteiger partial charge in [0.25, 0.3) is 0 Å². The first-order valence-electron chi connectivity index (χ1n) is 10.7. The lowest BCUT2D eigenvalue weighted by Crippen LogP contribution is -2.29. The molecule has 0 N–H and O–H groups in total. The number of hydrogen-bond acceptors (Lipinski definition) is 5. The van der Waals surface area contributed by atoms with Crippen molar-refractivity contribution in [3.63, 3.8) is 0 Å². The fourth-order valence-corrected chi connectivity index (χ4v) is 6.08. The molecule has 2 aromatic heterocycles. The summed E-state index contributed by atoms with van der Waals surface area (Å²) in [6, 6.07) is 14.6. The van der Waals surface area contributed by atoms with E-state index in [9.17, 15) is 0 Å². The van der Waals surface area contributed by atoms with Crippen LogP contribution in [0, 0.1) is 20.8 Å². The lowest BCUT2D eigenvalue weighted by Gasteiger charge is -2.28. The fourth-order valence-electron chi connectivity index (χ4n) is 4.99. The van der Waals surface area contributed by atoms with Crippen LogP contribution in [-0.4, -0.2) is 38.5 Å². The Hall–Kier alpha value is -2.73. The Kier molecular flexibility index (Phi) is 5.05. The van der Waals surface area contributed by atoms with Gasteiger partial charge in [-0.3, -0.25) is 9.98 Å². The van der Waals surface area contributed by atoms with Gasteiger partial charge < -0.3 is 14.2 Å². The molecule has 1 saturated heterocycles. The monoisotopic (exact) mass is 432 g/mol. The number of fused-ring (bicyclic) bond motifs is 1. The van der Waals surface area contributed by atoms with Gasteiger partial charge in [0.05, 0.1) is 18.8 Å². The Balaban J connectivity index is 1.64. The minimum absolute atomic E-state index is 0.0136. The van der Waals surface area contributed by atoms with E-state index in [0.717, 1.165) is 28.8 Å². The number of benzene rings is 1. The average molecular weight is 433 g/mol. The lowest BCUT2D eigenvalue weighted by molar-refractivity contribution is 0.319.